The number of fused-ring (bicyclic) bond motifs is 1. The van der Waals surface area contributed by atoms with Crippen molar-refractivity contribution in [1.29, 1.82) is 0 Å². The van der Waals surface area contributed by atoms with Crippen LogP contribution in [0.3, 0.4) is 0 Å². The fraction of sp³-hybridized carbons (Fsp3) is 0.417. The molecule has 1 aromatic carbocycles. The summed E-state index contributed by atoms with van der Waals surface area (Å²) in [6.45, 7) is 3.20. The number of methoxy groups -OCH3 is 1. The average molecular weight is 249 g/mol. The molecule has 0 aliphatic heterocycles. The molecule has 0 saturated heterocycles. The van der Waals surface area contributed by atoms with Crippen molar-refractivity contribution in [3.8, 4) is 0 Å². The first-order valence-corrected chi connectivity index (χ1v) is 5.80. The SMILES string of the molecule is CCc1nn(CCOC)c2ccc([N+](=O)[O-])cc12. The summed E-state index contributed by atoms with van der Waals surface area (Å²) < 4.78 is 6.87. The van der Waals surface area contributed by atoms with Gasteiger partial charge in [-0.3, -0.25) is 14.8 Å². The van der Waals surface area contributed by atoms with Crippen molar-refractivity contribution >= 4 is 16.6 Å². The van der Waals surface area contributed by atoms with Gasteiger partial charge < -0.3 is 4.74 Å². The summed E-state index contributed by atoms with van der Waals surface area (Å²) in [5, 5.41) is 16.1. The lowest BCUT2D eigenvalue weighted by Gasteiger charge is -2.01. The zero-order valence-electron chi connectivity index (χ0n) is 10.4. The van der Waals surface area contributed by atoms with Gasteiger partial charge >= 0.3 is 0 Å². The van der Waals surface area contributed by atoms with E-state index >= 15 is 0 Å². The maximum atomic E-state index is 10.8. The van der Waals surface area contributed by atoms with Gasteiger partial charge in [-0.25, -0.2) is 0 Å². The lowest BCUT2D eigenvalue weighted by Crippen LogP contribution is -2.05. The number of hydrogen-bond acceptors (Lipinski definition) is 4. The Bertz CT molecular complexity index is 577. The molecule has 0 bridgehead atoms. The van der Waals surface area contributed by atoms with Crippen LogP contribution in [0.4, 0.5) is 5.69 Å². The molecule has 1 heterocycles. The number of nitrogens with zero attached hydrogens (tertiary/aromatic N) is 3. The second-order valence-electron chi connectivity index (χ2n) is 3.97. The molecule has 0 radical (unpaired) electrons. The molecule has 18 heavy (non-hydrogen) atoms. The quantitative estimate of drug-likeness (QED) is 0.601. The van der Waals surface area contributed by atoms with Gasteiger partial charge in [-0.15, -0.1) is 0 Å². The summed E-state index contributed by atoms with van der Waals surface area (Å²) in [6, 6.07) is 4.84. The molecular formula is C12H15N3O3. The van der Waals surface area contributed by atoms with E-state index in [-0.39, 0.29) is 10.6 Å². The van der Waals surface area contributed by atoms with E-state index in [1.165, 1.54) is 6.07 Å². The highest BCUT2D eigenvalue weighted by Crippen LogP contribution is 2.24. The first kappa shape index (κ1) is 12.5. The van der Waals surface area contributed by atoms with E-state index in [9.17, 15) is 10.1 Å². The molecule has 0 aliphatic carbocycles. The normalized spacial score (nSPS) is 11.0. The Balaban J connectivity index is 2.52. The number of aryl methyl sites for hydroxylation is 1. The van der Waals surface area contributed by atoms with Crippen LogP contribution in [0.5, 0.6) is 0 Å². The van der Waals surface area contributed by atoms with Crippen molar-refractivity contribution in [3.63, 3.8) is 0 Å². The van der Waals surface area contributed by atoms with E-state index in [1.807, 2.05) is 11.6 Å². The Kier molecular flexibility index (Phi) is 3.57. The molecule has 0 N–H and O–H groups in total. The van der Waals surface area contributed by atoms with Crippen LogP contribution >= 0.6 is 0 Å². The van der Waals surface area contributed by atoms with Crippen LogP contribution in [0.15, 0.2) is 18.2 Å². The third-order valence-electron chi connectivity index (χ3n) is 2.86. The van der Waals surface area contributed by atoms with Gasteiger partial charge in [0.2, 0.25) is 0 Å². The van der Waals surface area contributed by atoms with Gasteiger partial charge in [0.15, 0.2) is 0 Å². The number of nitro benzene ring substituents is 1. The maximum absolute atomic E-state index is 10.8. The monoisotopic (exact) mass is 249 g/mol. The molecule has 1 aromatic heterocycles. The molecule has 2 rings (SSSR count). The second kappa shape index (κ2) is 5.14. The molecule has 0 amide bonds. The van der Waals surface area contributed by atoms with Crippen LogP contribution in [0.1, 0.15) is 12.6 Å². The molecular weight excluding hydrogens is 234 g/mol. The summed E-state index contributed by atoms with van der Waals surface area (Å²) in [6.07, 6.45) is 0.748. The van der Waals surface area contributed by atoms with Crippen molar-refractivity contribution in [2.24, 2.45) is 0 Å². The molecule has 2 aromatic rings. The molecule has 6 heteroatoms. The molecule has 96 valence electrons. The highest BCUT2D eigenvalue weighted by molar-refractivity contribution is 5.84. The van der Waals surface area contributed by atoms with Crippen molar-refractivity contribution in [2.75, 3.05) is 13.7 Å². The van der Waals surface area contributed by atoms with E-state index in [1.54, 1.807) is 19.2 Å². The Morgan fingerprint density at radius 1 is 1.50 bits per heavy atom. The molecule has 0 spiro atoms. The highest BCUT2D eigenvalue weighted by atomic mass is 16.6. The van der Waals surface area contributed by atoms with Gasteiger partial charge in [-0.2, -0.15) is 5.10 Å². The summed E-state index contributed by atoms with van der Waals surface area (Å²) in [5.41, 5.74) is 1.89. The smallest absolute Gasteiger partial charge is 0.270 e. The number of ether oxygens (including phenoxy) is 1. The van der Waals surface area contributed by atoms with Crippen molar-refractivity contribution in [1.82, 2.24) is 9.78 Å². The van der Waals surface area contributed by atoms with Crippen LogP contribution in [0.25, 0.3) is 10.9 Å². The van der Waals surface area contributed by atoms with Crippen LogP contribution in [0.2, 0.25) is 0 Å². The van der Waals surface area contributed by atoms with Gasteiger partial charge in [0.1, 0.15) is 0 Å². The van der Waals surface area contributed by atoms with E-state index < -0.39 is 0 Å². The van der Waals surface area contributed by atoms with Gasteiger partial charge in [0, 0.05) is 24.6 Å². The Morgan fingerprint density at radius 3 is 2.89 bits per heavy atom. The topological polar surface area (TPSA) is 70.2 Å². The van der Waals surface area contributed by atoms with E-state index in [2.05, 4.69) is 5.10 Å². The third kappa shape index (κ3) is 2.19. The highest BCUT2D eigenvalue weighted by Gasteiger charge is 2.13. The van der Waals surface area contributed by atoms with Gasteiger partial charge in [-0.05, 0) is 12.5 Å². The zero-order valence-corrected chi connectivity index (χ0v) is 10.4. The Morgan fingerprint density at radius 2 is 2.28 bits per heavy atom. The van der Waals surface area contributed by atoms with Crippen LogP contribution < -0.4 is 0 Å². The van der Waals surface area contributed by atoms with Crippen LogP contribution in [-0.4, -0.2) is 28.4 Å². The zero-order chi connectivity index (χ0) is 13.1. The number of hydrogen-bond donors (Lipinski definition) is 0. The maximum Gasteiger partial charge on any atom is 0.270 e. The van der Waals surface area contributed by atoms with Gasteiger partial charge in [0.05, 0.1) is 29.3 Å². The number of non-ortho nitro benzene ring substituents is 1. The predicted octanol–water partition coefficient (Wildman–Crippen LogP) is 2.15. The summed E-state index contributed by atoms with van der Waals surface area (Å²) >= 11 is 0. The lowest BCUT2D eigenvalue weighted by molar-refractivity contribution is -0.384. The largest absolute Gasteiger partial charge is 0.383 e. The standard InChI is InChI=1S/C12H15N3O3/c1-3-11-10-8-9(15(16)17)4-5-12(10)14(13-11)6-7-18-2/h4-5,8H,3,6-7H2,1-2H3. The molecule has 0 atom stereocenters. The number of nitro groups is 1. The summed E-state index contributed by atoms with van der Waals surface area (Å²) in [7, 11) is 1.64. The molecule has 6 nitrogen and oxygen atoms in total. The van der Waals surface area contributed by atoms with Crippen LogP contribution in [-0.2, 0) is 17.7 Å². The Hall–Kier alpha value is -1.95. The first-order chi connectivity index (χ1) is 8.67. The third-order valence-corrected chi connectivity index (χ3v) is 2.86. The van der Waals surface area contributed by atoms with E-state index in [4.69, 9.17) is 4.74 Å². The lowest BCUT2D eigenvalue weighted by atomic mass is 10.1. The average Bonchev–Trinajstić information content (AvgIpc) is 2.73. The van der Waals surface area contributed by atoms with E-state index in [0.717, 1.165) is 23.0 Å². The molecule has 0 aliphatic rings. The van der Waals surface area contributed by atoms with Crippen molar-refractivity contribution in [3.05, 3.63) is 34.0 Å². The van der Waals surface area contributed by atoms with E-state index in [0.29, 0.717) is 13.2 Å². The van der Waals surface area contributed by atoms with Gasteiger partial charge in [-0.1, -0.05) is 6.92 Å². The molecule has 0 fully saturated rings. The predicted molar refractivity (Wildman–Crippen MR) is 67.6 cm³/mol. The van der Waals surface area contributed by atoms with Gasteiger partial charge in [0.25, 0.3) is 5.69 Å². The minimum absolute atomic E-state index is 0.100. The fourth-order valence-electron chi connectivity index (χ4n) is 1.96. The second-order valence-corrected chi connectivity index (χ2v) is 3.97. The summed E-state index contributed by atoms with van der Waals surface area (Å²) in [5.74, 6) is 0. The molecule has 0 unspecified atom stereocenters. The Labute approximate surface area is 104 Å². The summed E-state index contributed by atoms with van der Waals surface area (Å²) in [4.78, 5) is 10.4. The number of benzene rings is 1. The minimum Gasteiger partial charge on any atom is -0.383 e. The number of rotatable bonds is 5. The first-order valence-electron chi connectivity index (χ1n) is 5.80. The van der Waals surface area contributed by atoms with Crippen molar-refractivity contribution < 1.29 is 9.66 Å². The van der Waals surface area contributed by atoms with Crippen LogP contribution in [0, 0.1) is 10.1 Å². The number of aromatic nitrogens is 2. The fourth-order valence-corrected chi connectivity index (χ4v) is 1.96. The van der Waals surface area contributed by atoms with Crippen molar-refractivity contribution in [2.45, 2.75) is 19.9 Å². The minimum atomic E-state index is -0.384. The molecule has 0 saturated carbocycles.